The molecule has 0 heterocycles. The van der Waals surface area contributed by atoms with Gasteiger partial charge in [-0.3, -0.25) is 9.69 Å². The van der Waals surface area contributed by atoms with E-state index in [0.29, 0.717) is 5.56 Å². The molecule has 0 saturated carbocycles. The number of benzene rings is 1. The number of nitrogens with zero attached hydrogens (tertiary/aromatic N) is 1. The number of carboxylic acid groups (broad SMARTS) is 1. The van der Waals surface area contributed by atoms with Crippen molar-refractivity contribution in [2.24, 2.45) is 0 Å². The molecule has 20 heavy (non-hydrogen) atoms. The minimum absolute atomic E-state index is 0.612. The van der Waals surface area contributed by atoms with Crippen LogP contribution in [0, 0.1) is 0 Å². The number of hydrogen-bond donors (Lipinski definition) is 1. The minimum Gasteiger partial charge on any atom is -0.480 e. The fourth-order valence-corrected chi connectivity index (χ4v) is 1.98. The van der Waals surface area contributed by atoms with Gasteiger partial charge in [-0.15, -0.1) is 0 Å². The first-order chi connectivity index (χ1) is 9.23. The predicted octanol–water partition coefficient (Wildman–Crippen LogP) is 3.26. The van der Waals surface area contributed by atoms with Gasteiger partial charge < -0.3 is 5.11 Å². The normalized spacial score (nSPS) is 13.5. The highest BCUT2D eigenvalue weighted by Crippen LogP contribution is 2.25. The van der Waals surface area contributed by atoms with Gasteiger partial charge in [0.05, 0.1) is 13.1 Å². The van der Waals surface area contributed by atoms with Crippen molar-refractivity contribution < 1.29 is 23.1 Å². The lowest BCUT2D eigenvalue weighted by molar-refractivity contribution is -0.157. The number of aryl methyl sites for hydroxylation is 1. The molecule has 1 atom stereocenters. The summed E-state index contributed by atoms with van der Waals surface area (Å²) in [5.74, 6) is -1.27. The third kappa shape index (κ3) is 5.21. The third-order valence-corrected chi connectivity index (χ3v) is 3.14. The quantitative estimate of drug-likeness (QED) is 0.874. The first-order valence-electron chi connectivity index (χ1n) is 6.34. The van der Waals surface area contributed by atoms with E-state index in [1.54, 1.807) is 19.1 Å². The van der Waals surface area contributed by atoms with Crippen LogP contribution in [-0.4, -0.2) is 35.2 Å². The highest BCUT2D eigenvalue weighted by atomic mass is 19.4. The second kappa shape index (κ2) is 6.74. The summed E-state index contributed by atoms with van der Waals surface area (Å²) in [6.07, 6.45) is -3.58. The van der Waals surface area contributed by atoms with Gasteiger partial charge in [-0.2, -0.15) is 13.2 Å². The SMILES string of the molecule is CCc1ccc(C(C)N(CC(=O)O)CC(F)(F)F)cc1. The Morgan fingerprint density at radius 2 is 1.85 bits per heavy atom. The van der Waals surface area contributed by atoms with Gasteiger partial charge in [-0.25, -0.2) is 0 Å². The molecule has 6 heteroatoms. The van der Waals surface area contributed by atoms with Crippen molar-refractivity contribution in [2.75, 3.05) is 13.1 Å². The van der Waals surface area contributed by atoms with E-state index in [1.165, 1.54) is 0 Å². The molecule has 1 aromatic rings. The molecule has 1 rings (SSSR count). The lowest BCUT2D eigenvalue weighted by atomic mass is 10.0. The molecule has 0 spiro atoms. The average molecular weight is 289 g/mol. The molecular weight excluding hydrogens is 271 g/mol. The van der Waals surface area contributed by atoms with Gasteiger partial charge in [-0.05, 0) is 24.5 Å². The van der Waals surface area contributed by atoms with Crippen LogP contribution in [0.15, 0.2) is 24.3 Å². The number of rotatable bonds is 6. The molecule has 0 aliphatic heterocycles. The number of halogens is 3. The molecule has 0 saturated heterocycles. The van der Waals surface area contributed by atoms with Crippen LogP contribution in [0.2, 0.25) is 0 Å². The molecule has 0 fully saturated rings. The van der Waals surface area contributed by atoms with Crippen molar-refractivity contribution in [2.45, 2.75) is 32.5 Å². The standard InChI is InChI=1S/C14H18F3NO2/c1-3-11-4-6-12(7-5-11)10(2)18(8-13(19)20)9-14(15,16)17/h4-7,10H,3,8-9H2,1-2H3,(H,19,20). The van der Waals surface area contributed by atoms with E-state index < -0.39 is 31.3 Å². The third-order valence-electron chi connectivity index (χ3n) is 3.14. The number of hydrogen-bond acceptors (Lipinski definition) is 2. The molecule has 0 radical (unpaired) electrons. The van der Waals surface area contributed by atoms with E-state index >= 15 is 0 Å². The summed E-state index contributed by atoms with van der Waals surface area (Å²) in [7, 11) is 0. The summed E-state index contributed by atoms with van der Waals surface area (Å²) in [5, 5.41) is 8.75. The van der Waals surface area contributed by atoms with Crippen molar-refractivity contribution in [3.63, 3.8) is 0 Å². The fraction of sp³-hybridized carbons (Fsp3) is 0.500. The number of carboxylic acids is 1. The van der Waals surface area contributed by atoms with Crippen LogP contribution in [0.3, 0.4) is 0 Å². The Morgan fingerprint density at radius 3 is 2.25 bits per heavy atom. The Kier molecular flexibility index (Phi) is 5.56. The van der Waals surface area contributed by atoms with Crippen LogP contribution in [0.1, 0.15) is 31.0 Å². The molecule has 0 aromatic heterocycles. The molecule has 1 unspecified atom stereocenters. The van der Waals surface area contributed by atoms with Crippen LogP contribution in [-0.2, 0) is 11.2 Å². The van der Waals surface area contributed by atoms with Crippen molar-refractivity contribution in [3.05, 3.63) is 35.4 Å². The topological polar surface area (TPSA) is 40.5 Å². The van der Waals surface area contributed by atoms with Crippen molar-refractivity contribution in [1.29, 1.82) is 0 Å². The number of carbonyl (C=O) groups is 1. The Balaban J connectivity index is 2.90. The predicted molar refractivity (Wildman–Crippen MR) is 69.5 cm³/mol. The van der Waals surface area contributed by atoms with Crippen molar-refractivity contribution >= 4 is 5.97 Å². The smallest absolute Gasteiger partial charge is 0.401 e. The van der Waals surface area contributed by atoms with Crippen LogP contribution in [0.5, 0.6) is 0 Å². The van der Waals surface area contributed by atoms with Gasteiger partial charge in [-0.1, -0.05) is 31.2 Å². The Morgan fingerprint density at radius 1 is 1.30 bits per heavy atom. The molecule has 3 nitrogen and oxygen atoms in total. The molecular formula is C14H18F3NO2. The van der Waals surface area contributed by atoms with Crippen LogP contribution < -0.4 is 0 Å². The van der Waals surface area contributed by atoms with Gasteiger partial charge in [0.25, 0.3) is 0 Å². The molecule has 0 bridgehead atoms. The molecule has 0 aliphatic rings. The first-order valence-corrected chi connectivity index (χ1v) is 6.34. The second-order valence-corrected chi connectivity index (χ2v) is 4.69. The zero-order valence-electron chi connectivity index (χ0n) is 11.4. The Labute approximate surface area is 116 Å². The first kappa shape index (κ1) is 16.5. The highest BCUT2D eigenvalue weighted by Gasteiger charge is 2.34. The van der Waals surface area contributed by atoms with Gasteiger partial charge in [0.2, 0.25) is 0 Å². The molecule has 0 amide bonds. The summed E-state index contributed by atoms with van der Waals surface area (Å²) in [5.41, 5.74) is 1.76. The number of aliphatic carboxylic acids is 1. The average Bonchev–Trinajstić information content (AvgIpc) is 2.35. The van der Waals surface area contributed by atoms with E-state index in [1.807, 2.05) is 19.1 Å². The van der Waals surface area contributed by atoms with Gasteiger partial charge in [0.15, 0.2) is 0 Å². The lowest BCUT2D eigenvalue weighted by Gasteiger charge is -2.28. The van der Waals surface area contributed by atoms with Gasteiger partial charge in [0, 0.05) is 6.04 Å². The molecule has 1 N–H and O–H groups in total. The molecule has 112 valence electrons. The summed E-state index contributed by atoms with van der Waals surface area (Å²) in [4.78, 5) is 11.6. The zero-order chi connectivity index (χ0) is 15.3. The maximum atomic E-state index is 12.5. The monoisotopic (exact) mass is 289 g/mol. The summed E-state index contributed by atoms with van der Waals surface area (Å²) >= 11 is 0. The summed E-state index contributed by atoms with van der Waals surface area (Å²) in [6, 6.07) is 6.57. The van der Waals surface area contributed by atoms with E-state index in [-0.39, 0.29) is 0 Å². The summed E-state index contributed by atoms with van der Waals surface area (Å²) in [6.45, 7) is 1.68. The van der Waals surface area contributed by atoms with E-state index in [9.17, 15) is 18.0 Å². The lowest BCUT2D eigenvalue weighted by Crippen LogP contribution is -2.39. The zero-order valence-corrected chi connectivity index (χ0v) is 11.4. The minimum atomic E-state index is -4.42. The van der Waals surface area contributed by atoms with Gasteiger partial charge >= 0.3 is 12.1 Å². The highest BCUT2D eigenvalue weighted by molar-refractivity contribution is 5.69. The Hall–Kier alpha value is -1.56. The van der Waals surface area contributed by atoms with Crippen molar-refractivity contribution in [3.8, 4) is 0 Å². The van der Waals surface area contributed by atoms with E-state index in [2.05, 4.69) is 0 Å². The van der Waals surface area contributed by atoms with Gasteiger partial charge in [0.1, 0.15) is 0 Å². The van der Waals surface area contributed by atoms with Crippen LogP contribution in [0.25, 0.3) is 0 Å². The molecule has 1 aromatic carbocycles. The number of alkyl halides is 3. The fourth-order valence-electron chi connectivity index (χ4n) is 1.98. The van der Waals surface area contributed by atoms with Crippen LogP contribution in [0.4, 0.5) is 13.2 Å². The maximum Gasteiger partial charge on any atom is 0.401 e. The van der Waals surface area contributed by atoms with E-state index in [4.69, 9.17) is 5.11 Å². The van der Waals surface area contributed by atoms with Crippen LogP contribution >= 0.6 is 0 Å². The second-order valence-electron chi connectivity index (χ2n) is 4.69. The summed E-state index contributed by atoms with van der Waals surface area (Å²) < 4.78 is 37.5. The maximum absolute atomic E-state index is 12.5. The van der Waals surface area contributed by atoms with E-state index in [0.717, 1.165) is 16.9 Å². The van der Waals surface area contributed by atoms with Crippen molar-refractivity contribution in [1.82, 2.24) is 4.90 Å². The molecule has 0 aliphatic carbocycles. The Bertz CT molecular complexity index is 443. The largest absolute Gasteiger partial charge is 0.480 e.